The van der Waals surface area contributed by atoms with Crippen LogP contribution in [-0.4, -0.2) is 35.0 Å². The van der Waals surface area contributed by atoms with Gasteiger partial charge in [0.05, 0.1) is 36.3 Å². The quantitative estimate of drug-likeness (QED) is 0.568. The van der Waals surface area contributed by atoms with E-state index in [2.05, 4.69) is 20.6 Å². The molecule has 2 N–H and O–H groups in total. The zero-order valence-corrected chi connectivity index (χ0v) is 17.0. The summed E-state index contributed by atoms with van der Waals surface area (Å²) in [7, 11) is 0. The van der Waals surface area contributed by atoms with Crippen LogP contribution in [0.3, 0.4) is 0 Å². The Morgan fingerprint density at radius 3 is 2.10 bits per heavy atom. The van der Waals surface area contributed by atoms with E-state index in [4.69, 9.17) is 9.47 Å². The Balaban J connectivity index is 1.94. The summed E-state index contributed by atoms with van der Waals surface area (Å²) in [6.45, 7) is 4.16. The van der Waals surface area contributed by atoms with Crippen molar-refractivity contribution >= 4 is 23.2 Å². The molecule has 1 aromatic heterocycles. The molecule has 0 bridgehead atoms. The molecule has 8 nitrogen and oxygen atoms in total. The molecule has 0 spiro atoms. The van der Waals surface area contributed by atoms with Crippen molar-refractivity contribution in [2.45, 2.75) is 13.8 Å². The van der Waals surface area contributed by atoms with Gasteiger partial charge in [0.15, 0.2) is 0 Å². The fourth-order valence-corrected chi connectivity index (χ4v) is 2.74. The molecule has 0 saturated heterocycles. The third-order valence-corrected chi connectivity index (χ3v) is 4.09. The van der Waals surface area contributed by atoms with Crippen LogP contribution in [0.1, 0.15) is 34.7 Å². The number of hydrogen-bond acceptors (Lipinski definition) is 6. The van der Waals surface area contributed by atoms with Crippen LogP contribution >= 0.6 is 0 Å². The lowest BCUT2D eigenvalue weighted by molar-refractivity contribution is 0.101. The highest BCUT2D eigenvalue weighted by Gasteiger charge is 2.19. The van der Waals surface area contributed by atoms with E-state index in [0.717, 1.165) is 0 Å². The van der Waals surface area contributed by atoms with Gasteiger partial charge in [0.1, 0.15) is 23.0 Å². The number of carbonyl (C=O) groups is 2. The molecular formula is C22H21FN4O4. The fourth-order valence-electron chi connectivity index (χ4n) is 2.74. The third-order valence-electron chi connectivity index (χ3n) is 4.09. The summed E-state index contributed by atoms with van der Waals surface area (Å²) in [5.74, 6) is -1.19. The molecule has 1 heterocycles. The molecule has 0 aliphatic carbocycles. The summed E-state index contributed by atoms with van der Waals surface area (Å²) in [6.07, 6.45) is 4.20. The molecule has 160 valence electrons. The van der Waals surface area contributed by atoms with Crippen LogP contribution in [-0.2, 0) is 0 Å². The van der Waals surface area contributed by atoms with Crippen molar-refractivity contribution in [1.29, 1.82) is 0 Å². The minimum Gasteiger partial charge on any atom is -0.492 e. The highest BCUT2D eigenvalue weighted by molar-refractivity contribution is 6.07. The summed E-state index contributed by atoms with van der Waals surface area (Å²) in [6, 6.07) is 8.69. The second kappa shape index (κ2) is 10.1. The lowest BCUT2D eigenvalue weighted by atomic mass is 10.1. The van der Waals surface area contributed by atoms with Gasteiger partial charge in [0.2, 0.25) is 0 Å². The smallest absolute Gasteiger partial charge is 0.275 e. The number of rotatable bonds is 8. The molecule has 0 unspecified atom stereocenters. The summed E-state index contributed by atoms with van der Waals surface area (Å²) in [4.78, 5) is 32.9. The Bertz CT molecular complexity index is 1080. The molecule has 0 aliphatic rings. The molecule has 3 rings (SSSR count). The minimum atomic E-state index is -0.643. The predicted molar refractivity (Wildman–Crippen MR) is 113 cm³/mol. The average Bonchev–Trinajstić information content (AvgIpc) is 2.77. The van der Waals surface area contributed by atoms with Gasteiger partial charge in [-0.05, 0) is 26.0 Å². The Kier molecular flexibility index (Phi) is 7.10. The van der Waals surface area contributed by atoms with Crippen molar-refractivity contribution in [3.8, 4) is 11.5 Å². The van der Waals surface area contributed by atoms with E-state index in [1.165, 1.54) is 48.9 Å². The van der Waals surface area contributed by atoms with Crippen LogP contribution in [0.5, 0.6) is 11.5 Å². The minimum absolute atomic E-state index is 0.108. The van der Waals surface area contributed by atoms with E-state index in [0.29, 0.717) is 24.7 Å². The molecule has 31 heavy (non-hydrogen) atoms. The first-order chi connectivity index (χ1) is 15.0. The van der Waals surface area contributed by atoms with Crippen molar-refractivity contribution in [1.82, 2.24) is 9.97 Å². The highest BCUT2D eigenvalue weighted by Crippen LogP contribution is 2.37. The first-order valence-corrected chi connectivity index (χ1v) is 9.60. The van der Waals surface area contributed by atoms with Gasteiger partial charge in [-0.15, -0.1) is 0 Å². The van der Waals surface area contributed by atoms with Crippen molar-refractivity contribution < 1.29 is 23.5 Å². The topological polar surface area (TPSA) is 102 Å². The van der Waals surface area contributed by atoms with Crippen LogP contribution in [0, 0.1) is 5.82 Å². The number of ether oxygens (including phenoxy) is 2. The molecule has 2 aromatic carbocycles. The molecule has 2 amide bonds. The van der Waals surface area contributed by atoms with Gasteiger partial charge in [-0.2, -0.15) is 0 Å². The third kappa shape index (κ3) is 5.33. The van der Waals surface area contributed by atoms with Gasteiger partial charge >= 0.3 is 0 Å². The molecule has 0 fully saturated rings. The number of nitrogens with one attached hydrogen (secondary N) is 2. The maximum atomic E-state index is 14.0. The number of nitrogens with zero attached hydrogens (tertiary/aromatic N) is 2. The first kappa shape index (κ1) is 21.7. The van der Waals surface area contributed by atoms with Crippen LogP contribution in [0.25, 0.3) is 0 Å². The van der Waals surface area contributed by atoms with Crippen LogP contribution in [0.4, 0.5) is 15.8 Å². The largest absolute Gasteiger partial charge is 0.492 e. The molecule has 0 aliphatic heterocycles. The van der Waals surface area contributed by atoms with E-state index in [-0.39, 0.29) is 22.7 Å². The Labute approximate surface area is 178 Å². The molecule has 0 saturated carbocycles. The number of benzene rings is 2. The number of anilines is 2. The number of amides is 2. The zero-order valence-electron chi connectivity index (χ0n) is 17.0. The molecule has 9 heteroatoms. The van der Waals surface area contributed by atoms with E-state index >= 15 is 0 Å². The summed E-state index contributed by atoms with van der Waals surface area (Å²) < 4.78 is 25.2. The van der Waals surface area contributed by atoms with E-state index in [1.807, 2.05) is 0 Å². The van der Waals surface area contributed by atoms with E-state index < -0.39 is 17.6 Å². The van der Waals surface area contributed by atoms with Gasteiger partial charge < -0.3 is 20.1 Å². The van der Waals surface area contributed by atoms with Crippen molar-refractivity contribution in [2.24, 2.45) is 0 Å². The number of hydrogen-bond donors (Lipinski definition) is 2. The van der Waals surface area contributed by atoms with Crippen molar-refractivity contribution in [3.05, 3.63) is 72.1 Å². The second-order valence-corrected chi connectivity index (χ2v) is 6.19. The fraction of sp³-hybridized carbons (Fsp3) is 0.182. The maximum Gasteiger partial charge on any atom is 0.275 e. The van der Waals surface area contributed by atoms with Gasteiger partial charge in [-0.1, -0.05) is 12.1 Å². The zero-order chi connectivity index (χ0) is 22.2. The maximum absolute atomic E-state index is 14.0. The van der Waals surface area contributed by atoms with Crippen molar-refractivity contribution in [3.63, 3.8) is 0 Å². The monoisotopic (exact) mass is 424 g/mol. The summed E-state index contributed by atoms with van der Waals surface area (Å²) >= 11 is 0. The van der Waals surface area contributed by atoms with Gasteiger partial charge in [-0.25, -0.2) is 9.37 Å². The number of carbonyl (C=O) groups excluding carboxylic acids is 2. The van der Waals surface area contributed by atoms with Gasteiger partial charge in [0.25, 0.3) is 11.8 Å². The lowest BCUT2D eigenvalue weighted by Crippen LogP contribution is -2.17. The molecule has 0 atom stereocenters. The average molecular weight is 424 g/mol. The summed E-state index contributed by atoms with van der Waals surface area (Å²) in [5, 5.41) is 5.36. The predicted octanol–water partition coefficient (Wildman–Crippen LogP) is 3.92. The lowest BCUT2D eigenvalue weighted by Gasteiger charge is -2.18. The standard InChI is InChI=1S/C22H21FN4O4/c1-3-30-19-12-17(27-22(29)18-13-24-9-10-25-18)20(31-4-2)11-16(19)26-21(28)14-7-5-6-8-15(14)23/h5-13H,3-4H2,1-2H3,(H,26,28)(H,27,29). The number of halogens is 1. The van der Waals surface area contributed by atoms with E-state index in [1.54, 1.807) is 19.9 Å². The highest BCUT2D eigenvalue weighted by atomic mass is 19.1. The number of aromatic nitrogens is 2. The Morgan fingerprint density at radius 1 is 0.935 bits per heavy atom. The van der Waals surface area contributed by atoms with E-state index in [9.17, 15) is 14.0 Å². The first-order valence-electron chi connectivity index (χ1n) is 9.60. The Morgan fingerprint density at radius 2 is 1.55 bits per heavy atom. The van der Waals surface area contributed by atoms with Crippen molar-refractivity contribution in [2.75, 3.05) is 23.8 Å². The molecular weight excluding hydrogens is 403 g/mol. The van der Waals surface area contributed by atoms with Crippen LogP contribution < -0.4 is 20.1 Å². The van der Waals surface area contributed by atoms with Gasteiger partial charge in [0, 0.05) is 24.5 Å². The second-order valence-electron chi connectivity index (χ2n) is 6.19. The molecule has 3 aromatic rings. The summed E-state index contributed by atoms with van der Waals surface area (Å²) in [5.41, 5.74) is 0.615. The Hall–Kier alpha value is -4.01. The normalized spacial score (nSPS) is 10.3. The van der Waals surface area contributed by atoms with Gasteiger partial charge in [-0.3, -0.25) is 14.6 Å². The molecule has 0 radical (unpaired) electrons. The van der Waals surface area contributed by atoms with Crippen LogP contribution in [0.15, 0.2) is 55.0 Å². The SMILES string of the molecule is CCOc1cc(NC(=O)c2ccccc2F)c(OCC)cc1NC(=O)c1cnccn1. The van der Waals surface area contributed by atoms with Crippen LogP contribution in [0.2, 0.25) is 0 Å².